The third-order valence-electron chi connectivity index (χ3n) is 11.4. The summed E-state index contributed by atoms with van der Waals surface area (Å²) >= 11 is 0. The van der Waals surface area contributed by atoms with Crippen molar-refractivity contribution in [2.45, 2.75) is 98.8 Å². The lowest BCUT2D eigenvalue weighted by Gasteiger charge is -2.39. The van der Waals surface area contributed by atoms with E-state index in [1.165, 1.54) is 11.0 Å². The average Bonchev–Trinajstić information content (AvgIpc) is 3.93. The van der Waals surface area contributed by atoms with E-state index < -0.39 is 76.3 Å². The van der Waals surface area contributed by atoms with Crippen LogP contribution in [0.3, 0.4) is 0 Å². The van der Waals surface area contributed by atoms with Crippen LogP contribution in [0.2, 0.25) is 0 Å². The van der Waals surface area contributed by atoms with Crippen LogP contribution in [-0.2, 0) is 19.2 Å². The predicted molar refractivity (Wildman–Crippen MR) is 203 cm³/mol. The van der Waals surface area contributed by atoms with Crippen molar-refractivity contribution < 1.29 is 33.6 Å². The SMILES string of the molecule is C=CCNC(=O)C(=O)C(C/C=C/C1CC1)NC(=O)[C@@H]1[C@@H]2C(CN1C(=O)[C@@H](NC(=O)N[C@H](CN1C(=O)c3ccccc3C1=O)C(C)(C)C)C(C)(C)C)C2(C)C. The van der Waals surface area contributed by atoms with Gasteiger partial charge in [0, 0.05) is 13.1 Å². The summed E-state index contributed by atoms with van der Waals surface area (Å²) < 4.78 is 0. The molecule has 6 atom stereocenters. The number of nitrogens with zero attached hydrogens (tertiary/aromatic N) is 2. The van der Waals surface area contributed by atoms with Crippen LogP contribution in [0, 0.1) is 34.0 Å². The number of rotatable bonds is 14. The monoisotopic (exact) mass is 744 g/mol. The van der Waals surface area contributed by atoms with Crippen molar-refractivity contribution >= 4 is 41.4 Å². The van der Waals surface area contributed by atoms with E-state index in [4.69, 9.17) is 0 Å². The van der Waals surface area contributed by atoms with Crippen molar-refractivity contribution in [1.29, 1.82) is 0 Å². The van der Waals surface area contributed by atoms with Gasteiger partial charge in [-0.05, 0) is 65.4 Å². The number of benzene rings is 1. The molecule has 1 aromatic rings. The number of ketones is 1. The number of hydrogen-bond acceptors (Lipinski definition) is 7. The number of fused-ring (bicyclic) bond motifs is 2. The third kappa shape index (κ3) is 8.44. The third-order valence-corrected chi connectivity index (χ3v) is 11.4. The molecule has 13 nitrogen and oxygen atoms in total. The number of piperidine rings is 1. The summed E-state index contributed by atoms with van der Waals surface area (Å²) in [6.07, 6.45) is 7.52. The van der Waals surface area contributed by atoms with E-state index in [0.29, 0.717) is 17.0 Å². The number of hydrogen-bond donors (Lipinski definition) is 4. The number of likely N-dealkylation sites (tertiary alicyclic amines) is 1. The fourth-order valence-electron chi connectivity index (χ4n) is 7.68. The highest BCUT2D eigenvalue weighted by Gasteiger charge is 2.70. The normalized spacial score (nSPS) is 23.2. The number of nitrogens with one attached hydrogen (secondary N) is 4. The molecule has 0 aromatic heterocycles. The smallest absolute Gasteiger partial charge is 0.315 e. The molecule has 2 saturated carbocycles. The van der Waals surface area contributed by atoms with Gasteiger partial charge in [0.05, 0.1) is 23.7 Å². The molecule has 2 aliphatic heterocycles. The molecule has 292 valence electrons. The number of allylic oxidation sites excluding steroid dienone is 1. The van der Waals surface area contributed by atoms with Crippen molar-refractivity contribution in [1.82, 2.24) is 31.1 Å². The summed E-state index contributed by atoms with van der Waals surface area (Å²) in [6.45, 7) is 19.1. The zero-order valence-corrected chi connectivity index (χ0v) is 32.8. The van der Waals surface area contributed by atoms with E-state index in [2.05, 4.69) is 27.8 Å². The molecule has 2 heterocycles. The van der Waals surface area contributed by atoms with Gasteiger partial charge in [-0.25, -0.2) is 4.79 Å². The molecule has 1 saturated heterocycles. The molecule has 4 N–H and O–H groups in total. The van der Waals surface area contributed by atoms with Crippen LogP contribution in [-0.4, -0.2) is 95.0 Å². The van der Waals surface area contributed by atoms with E-state index in [9.17, 15) is 33.6 Å². The zero-order valence-electron chi connectivity index (χ0n) is 32.8. The summed E-state index contributed by atoms with van der Waals surface area (Å²) in [5.74, 6) is -3.19. The summed E-state index contributed by atoms with van der Waals surface area (Å²) in [6, 6.07) is 2.11. The van der Waals surface area contributed by atoms with Gasteiger partial charge in [-0.1, -0.05) is 85.8 Å². The maximum absolute atomic E-state index is 14.5. The second-order valence-corrected chi connectivity index (χ2v) is 17.9. The van der Waals surface area contributed by atoms with E-state index in [-0.39, 0.29) is 43.3 Å². The molecule has 0 radical (unpaired) electrons. The van der Waals surface area contributed by atoms with Crippen molar-refractivity contribution in [3.8, 4) is 0 Å². The molecule has 1 aromatic carbocycles. The van der Waals surface area contributed by atoms with Crippen LogP contribution in [0.5, 0.6) is 0 Å². The first-order valence-corrected chi connectivity index (χ1v) is 18.9. The van der Waals surface area contributed by atoms with Gasteiger partial charge in [0.15, 0.2) is 0 Å². The second kappa shape index (κ2) is 15.1. The van der Waals surface area contributed by atoms with Gasteiger partial charge in [-0.15, -0.1) is 6.58 Å². The fraction of sp³-hybridized carbons (Fsp3) is 0.585. The molecule has 2 unspecified atom stereocenters. The maximum atomic E-state index is 14.5. The number of urea groups is 1. The molecule has 54 heavy (non-hydrogen) atoms. The Morgan fingerprint density at radius 3 is 2.07 bits per heavy atom. The molecule has 13 heteroatoms. The molecule has 7 amide bonds. The Balaban J connectivity index is 1.33. The Morgan fingerprint density at radius 2 is 1.54 bits per heavy atom. The van der Waals surface area contributed by atoms with Crippen LogP contribution < -0.4 is 21.3 Å². The lowest BCUT2D eigenvalue weighted by Crippen LogP contribution is -2.62. The predicted octanol–water partition coefficient (Wildman–Crippen LogP) is 3.61. The van der Waals surface area contributed by atoms with E-state index in [1.807, 2.05) is 67.5 Å². The fourth-order valence-corrected chi connectivity index (χ4v) is 7.68. The zero-order chi connectivity index (χ0) is 39.9. The van der Waals surface area contributed by atoms with Crippen molar-refractivity contribution in [2.75, 3.05) is 19.6 Å². The molecule has 5 rings (SSSR count). The molecule has 4 aliphatic rings. The van der Waals surface area contributed by atoms with Crippen molar-refractivity contribution in [3.05, 3.63) is 60.2 Å². The number of carbonyl (C=O) groups excluding carboxylic acids is 7. The summed E-state index contributed by atoms with van der Waals surface area (Å²) in [5, 5.41) is 11.1. The number of amides is 7. The van der Waals surface area contributed by atoms with Crippen LogP contribution in [0.1, 0.15) is 95.4 Å². The van der Waals surface area contributed by atoms with E-state index in [0.717, 1.165) is 17.7 Å². The molecule has 0 spiro atoms. The van der Waals surface area contributed by atoms with Crippen LogP contribution in [0.4, 0.5) is 4.79 Å². The summed E-state index contributed by atoms with van der Waals surface area (Å²) in [7, 11) is 0. The standard InChI is InChI=1S/C41H56N6O7/c1-10-20-42-34(50)31(48)27(17-13-14-23-18-19-23)43-33(49)30-29-26(41(29,8)9)21-46(30)37(53)32(40(5,6)7)45-38(54)44-28(39(2,3)4)22-47-35(51)24-15-11-12-16-25(24)36(47)52/h10-16,23,26-30,32H,1,17-22H2,2-9H3,(H,42,50)(H,43,49)(H2,44,45,54)/b14-13+/t26?,27?,28-,29+,30+,32-/m1/s1. The molecule has 0 bridgehead atoms. The highest BCUT2D eigenvalue weighted by Crippen LogP contribution is 2.65. The van der Waals surface area contributed by atoms with Gasteiger partial charge in [0.25, 0.3) is 17.7 Å². The second-order valence-electron chi connectivity index (χ2n) is 17.9. The summed E-state index contributed by atoms with van der Waals surface area (Å²) in [5.41, 5.74) is -1.01. The van der Waals surface area contributed by atoms with Crippen molar-refractivity contribution in [3.63, 3.8) is 0 Å². The van der Waals surface area contributed by atoms with Crippen LogP contribution in [0.25, 0.3) is 0 Å². The van der Waals surface area contributed by atoms with E-state index >= 15 is 0 Å². The first kappa shape index (κ1) is 40.4. The Labute approximate surface area is 318 Å². The summed E-state index contributed by atoms with van der Waals surface area (Å²) in [4.78, 5) is 97.5. The first-order valence-electron chi connectivity index (χ1n) is 18.9. The van der Waals surface area contributed by atoms with Gasteiger partial charge in [-0.3, -0.25) is 33.7 Å². The highest BCUT2D eigenvalue weighted by molar-refractivity contribution is 6.38. The van der Waals surface area contributed by atoms with E-state index in [1.54, 1.807) is 24.3 Å². The largest absolute Gasteiger partial charge is 0.346 e. The van der Waals surface area contributed by atoms with Crippen molar-refractivity contribution in [2.24, 2.45) is 34.0 Å². The lowest BCUT2D eigenvalue weighted by atomic mass is 9.85. The average molecular weight is 745 g/mol. The lowest BCUT2D eigenvalue weighted by molar-refractivity contribution is -0.145. The Morgan fingerprint density at radius 1 is 0.926 bits per heavy atom. The minimum atomic E-state index is -1.13. The van der Waals surface area contributed by atoms with Gasteiger partial charge in [0.2, 0.25) is 17.6 Å². The first-order chi connectivity index (χ1) is 25.2. The number of carbonyl (C=O) groups is 7. The molecular formula is C41H56N6O7. The quantitative estimate of drug-likeness (QED) is 0.128. The van der Waals surface area contributed by atoms with Crippen LogP contribution >= 0.6 is 0 Å². The molecule has 3 fully saturated rings. The topological polar surface area (TPSA) is 174 Å². The van der Waals surface area contributed by atoms with Crippen LogP contribution in [0.15, 0.2) is 49.1 Å². The minimum absolute atomic E-state index is 0.0244. The van der Waals surface area contributed by atoms with Gasteiger partial charge >= 0.3 is 6.03 Å². The Bertz CT molecular complexity index is 1710. The molecule has 2 aliphatic carbocycles. The Kier molecular flexibility index (Phi) is 11.3. The minimum Gasteiger partial charge on any atom is -0.346 e. The Hall–Kier alpha value is -4.81. The van der Waals surface area contributed by atoms with Gasteiger partial charge in [0.1, 0.15) is 18.1 Å². The molecular weight excluding hydrogens is 688 g/mol. The highest BCUT2D eigenvalue weighted by atomic mass is 16.2. The van der Waals surface area contributed by atoms with Gasteiger partial charge in [-0.2, -0.15) is 0 Å². The number of Topliss-reactive ketones (excluding diaryl/α,β-unsaturated/α-hetero) is 1. The number of imide groups is 1. The van der Waals surface area contributed by atoms with Gasteiger partial charge < -0.3 is 26.2 Å². The maximum Gasteiger partial charge on any atom is 0.315 e.